The van der Waals surface area contributed by atoms with E-state index in [-0.39, 0.29) is 23.3 Å². The van der Waals surface area contributed by atoms with Crippen molar-refractivity contribution in [3.8, 4) is 11.5 Å². The topological polar surface area (TPSA) is 134 Å². The summed E-state index contributed by atoms with van der Waals surface area (Å²) in [5, 5.41) is 9.78. The highest BCUT2D eigenvalue weighted by Gasteiger charge is 2.33. The Morgan fingerprint density at radius 3 is 2.63 bits per heavy atom. The summed E-state index contributed by atoms with van der Waals surface area (Å²) in [7, 11) is -4.08. The van der Waals surface area contributed by atoms with Crippen LogP contribution in [-0.4, -0.2) is 64.8 Å². The van der Waals surface area contributed by atoms with Crippen LogP contribution in [0, 0.1) is 0 Å². The number of allylic oxidation sites excluding steroid dienone is 4. The van der Waals surface area contributed by atoms with Crippen LogP contribution < -0.4 is 14.4 Å². The van der Waals surface area contributed by atoms with Crippen molar-refractivity contribution in [2.45, 2.75) is 18.2 Å². The molecular formula is C21H20N2O8S4. The van der Waals surface area contributed by atoms with Crippen LogP contribution in [0.2, 0.25) is 0 Å². The normalized spacial score (nSPS) is 19.9. The third kappa shape index (κ3) is 6.01. The van der Waals surface area contributed by atoms with Gasteiger partial charge in [-0.1, -0.05) is 41.8 Å². The maximum absolute atomic E-state index is 12.5. The zero-order chi connectivity index (χ0) is 25.3. The van der Waals surface area contributed by atoms with E-state index >= 15 is 0 Å². The third-order valence-electron chi connectivity index (χ3n) is 5.02. The summed E-state index contributed by atoms with van der Waals surface area (Å²) in [6.45, 7) is 1.78. The van der Waals surface area contributed by atoms with Gasteiger partial charge in [-0.3, -0.25) is 19.0 Å². The molecular weight excluding hydrogens is 537 g/mol. The van der Waals surface area contributed by atoms with Crippen molar-refractivity contribution >= 4 is 67.7 Å². The molecule has 14 heteroatoms. The molecule has 186 valence electrons. The highest BCUT2D eigenvalue weighted by atomic mass is 32.2. The Hall–Kier alpha value is -2.52. The second kappa shape index (κ2) is 10.2. The number of carbonyl (C=O) groups excluding carboxylic acids is 1. The summed E-state index contributed by atoms with van der Waals surface area (Å²) < 4.78 is 42.6. The lowest BCUT2D eigenvalue weighted by atomic mass is 10.2. The van der Waals surface area contributed by atoms with Crippen molar-refractivity contribution in [1.82, 2.24) is 4.90 Å². The van der Waals surface area contributed by atoms with Gasteiger partial charge < -0.3 is 19.5 Å². The molecule has 0 bridgehead atoms. The number of fused-ring (bicyclic) bond motifs is 2. The summed E-state index contributed by atoms with van der Waals surface area (Å²) >= 11 is 7.63. The van der Waals surface area contributed by atoms with E-state index in [9.17, 15) is 18.0 Å². The van der Waals surface area contributed by atoms with Gasteiger partial charge in [0.1, 0.15) is 10.9 Å². The number of benzene rings is 1. The Balaban J connectivity index is 1.56. The zero-order valence-corrected chi connectivity index (χ0v) is 21.6. The lowest BCUT2D eigenvalue weighted by Crippen LogP contribution is -2.33. The number of hydrogen-bond acceptors (Lipinski definition) is 10. The van der Waals surface area contributed by atoms with Crippen molar-refractivity contribution in [2.75, 3.05) is 30.5 Å². The smallest absolute Gasteiger partial charge is 0.323 e. The number of aliphatic carboxylic acids is 1. The Labute approximate surface area is 215 Å². The number of nitrogens with zero attached hydrogens (tertiary/aromatic N) is 2. The van der Waals surface area contributed by atoms with Gasteiger partial charge in [0, 0.05) is 23.6 Å². The maximum Gasteiger partial charge on any atom is 0.323 e. The summed E-state index contributed by atoms with van der Waals surface area (Å²) in [4.78, 5) is 27.7. The molecule has 2 N–H and O–H groups in total. The van der Waals surface area contributed by atoms with E-state index < -0.39 is 28.5 Å². The first-order valence-electron chi connectivity index (χ1n) is 10.2. The Kier molecular flexibility index (Phi) is 7.47. The first-order chi connectivity index (χ1) is 16.5. The summed E-state index contributed by atoms with van der Waals surface area (Å²) in [5.74, 6) is -0.736. The molecule has 3 aliphatic rings. The number of ether oxygens (including phenoxy) is 2. The molecule has 0 unspecified atom stereocenters. The van der Waals surface area contributed by atoms with Crippen molar-refractivity contribution in [2.24, 2.45) is 0 Å². The molecule has 35 heavy (non-hydrogen) atoms. The lowest BCUT2D eigenvalue weighted by Gasteiger charge is -2.20. The molecule has 0 saturated carbocycles. The van der Waals surface area contributed by atoms with Crippen LogP contribution in [0.5, 0.6) is 11.5 Å². The molecule has 3 aliphatic heterocycles. The van der Waals surface area contributed by atoms with Gasteiger partial charge in [-0.25, -0.2) is 0 Å². The molecule has 4 rings (SSSR count). The van der Waals surface area contributed by atoms with Crippen LogP contribution in [0.25, 0.3) is 0 Å². The first kappa shape index (κ1) is 25.6. The van der Waals surface area contributed by atoms with Crippen LogP contribution in [-0.2, 0) is 19.7 Å². The molecule has 0 atom stereocenters. The Bertz CT molecular complexity index is 1300. The largest absolute Gasteiger partial charge is 0.480 e. The number of thiocarbonyl (C=S) groups is 1. The second-order valence-corrected chi connectivity index (χ2v) is 12.0. The monoisotopic (exact) mass is 556 g/mol. The summed E-state index contributed by atoms with van der Waals surface area (Å²) in [6, 6.07) is 3.70. The van der Waals surface area contributed by atoms with Crippen molar-refractivity contribution in [3.05, 3.63) is 45.9 Å². The van der Waals surface area contributed by atoms with Crippen molar-refractivity contribution in [3.63, 3.8) is 0 Å². The minimum atomic E-state index is -4.08. The molecule has 0 spiro atoms. The minimum Gasteiger partial charge on any atom is -0.480 e. The molecule has 1 fully saturated rings. The fourth-order valence-corrected chi connectivity index (χ4v) is 6.38. The molecule has 10 nitrogen and oxygen atoms in total. The standard InChI is InChI=1S/C21H20N2O8S4/c1-12(7-17-20(26)23(10-19(24)25)21(32)34-17)3-4-18-22(5-2-6-35(27,28)29)13-8-14-15(31-11-30-14)9-16(13)33-18/h3-4,7-9H,2,5-6,10-11H2,1H3,(H,24,25)(H,27,28,29)/b12-3?,17-7+,18-4?. The lowest BCUT2D eigenvalue weighted by molar-refractivity contribution is -0.140. The van der Waals surface area contributed by atoms with E-state index in [1.807, 2.05) is 23.1 Å². The SMILES string of the molecule is CC(=CC=C1Sc2cc3c(cc2N1CCCS(=O)(=O)O)OCO3)/C=C1/SC(=S)N(CC(=O)O)C1=O. The highest BCUT2D eigenvalue weighted by Crippen LogP contribution is 2.51. The highest BCUT2D eigenvalue weighted by molar-refractivity contribution is 8.26. The minimum absolute atomic E-state index is 0.134. The molecule has 1 saturated heterocycles. The number of thioether (sulfide) groups is 2. The van der Waals surface area contributed by atoms with Gasteiger partial charge in [0.25, 0.3) is 16.0 Å². The van der Waals surface area contributed by atoms with Gasteiger partial charge >= 0.3 is 5.97 Å². The first-order valence-corrected chi connectivity index (χ1v) is 13.9. The number of hydrogen-bond donors (Lipinski definition) is 2. The van der Waals surface area contributed by atoms with E-state index in [4.69, 9.17) is 31.4 Å². The zero-order valence-electron chi connectivity index (χ0n) is 18.3. The van der Waals surface area contributed by atoms with E-state index in [0.717, 1.165) is 37.8 Å². The van der Waals surface area contributed by atoms with Gasteiger partial charge in [0.15, 0.2) is 11.5 Å². The number of carboxylic acid groups (broad SMARTS) is 1. The molecule has 1 amide bonds. The number of anilines is 1. The van der Waals surface area contributed by atoms with Crippen LogP contribution in [0.15, 0.2) is 50.8 Å². The van der Waals surface area contributed by atoms with Gasteiger partial charge in [-0.2, -0.15) is 8.42 Å². The van der Waals surface area contributed by atoms with E-state index in [1.165, 1.54) is 11.8 Å². The van der Waals surface area contributed by atoms with Gasteiger partial charge in [-0.05, 0) is 31.1 Å². The molecule has 0 aliphatic carbocycles. The summed E-state index contributed by atoms with van der Waals surface area (Å²) in [5.41, 5.74) is 1.57. The van der Waals surface area contributed by atoms with E-state index in [1.54, 1.807) is 19.1 Å². The van der Waals surface area contributed by atoms with Gasteiger partial charge in [0.05, 0.1) is 21.4 Å². The molecule has 0 radical (unpaired) electrons. The average Bonchev–Trinajstić information content (AvgIpc) is 3.42. The van der Waals surface area contributed by atoms with Gasteiger partial charge in [-0.15, -0.1) is 0 Å². The number of carbonyl (C=O) groups is 2. The van der Waals surface area contributed by atoms with Crippen LogP contribution in [0.1, 0.15) is 13.3 Å². The van der Waals surface area contributed by atoms with E-state index in [0.29, 0.717) is 22.9 Å². The maximum atomic E-state index is 12.5. The van der Waals surface area contributed by atoms with Crippen LogP contribution in [0.3, 0.4) is 0 Å². The van der Waals surface area contributed by atoms with Gasteiger partial charge in [0.2, 0.25) is 6.79 Å². The van der Waals surface area contributed by atoms with Crippen molar-refractivity contribution in [1.29, 1.82) is 0 Å². The van der Waals surface area contributed by atoms with E-state index in [2.05, 4.69) is 0 Å². The number of rotatable bonds is 8. The van der Waals surface area contributed by atoms with Crippen LogP contribution >= 0.6 is 35.7 Å². The second-order valence-electron chi connectivity index (χ2n) is 7.64. The molecule has 0 aromatic heterocycles. The average molecular weight is 557 g/mol. The fourth-order valence-electron chi connectivity index (χ4n) is 3.48. The number of amides is 1. The Morgan fingerprint density at radius 1 is 1.23 bits per heavy atom. The Morgan fingerprint density at radius 2 is 1.94 bits per heavy atom. The quantitative estimate of drug-likeness (QED) is 0.277. The fraction of sp³-hybridized carbons (Fsp3) is 0.286. The molecule has 1 aromatic rings. The summed E-state index contributed by atoms with van der Waals surface area (Å²) in [6.07, 6.45) is 5.49. The molecule has 3 heterocycles. The molecule has 1 aromatic carbocycles. The van der Waals surface area contributed by atoms with Crippen LogP contribution in [0.4, 0.5) is 5.69 Å². The predicted molar refractivity (Wildman–Crippen MR) is 136 cm³/mol. The predicted octanol–water partition coefficient (Wildman–Crippen LogP) is 3.22. The van der Waals surface area contributed by atoms with Crippen molar-refractivity contribution < 1.29 is 37.1 Å². The number of carboxylic acids is 1. The third-order valence-corrected chi connectivity index (χ3v) is 8.32.